The van der Waals surface area contributed by atoms with E-state index in [-0.39, 0.29) is 17.6 Å². The number of ether oxygens (including phenoxy) is 1. The molecule has 30 heavy (non-hydrogen) atoms. The van der Waals surface area contributed by atoms with Crippen molar-refractivity contribution in [3.8, 4) is 0 Å². The largest absolute Gasteiger partial charge is 0.383 e. The molecule has 1 aliphatic rings. The molecule has 2 aromatic heterocycles. The number of benzene rings is 1. The number of thioether (sulfide) groups is 1. The predicted octanol–water partition coefficient (Wildman–Crippen LogP) is 3.61. The Bertz CT molecular complexity index is 1030. The van der Waals surface area contributed by atoms with Crippen molar-refractivity contribution in [3.63, 3.8) is 0 Å². The zero-order chi connectivity index (χ0) is 20.9. The number of H-pyrrole nitrogens is 1. The SMILES string of the molecule is COCCNC(=O)c1c(NC(=O)CSc2nc3ccccc3[nH]2)sc2c1CCCC2. The molecular formula is C21H24N4O3S2. The zero-order valence-electron chi connectivity index (χ0n) is 16.7. The van der Waals surface area contributed by atoms with Gasteiger partial charge in [-0.05, 0) is 43.4 Å². The maximum atomic E-state index is 12.8. The Labute approximate surface area is 183 Å². The van der Waals surface area contributed by atoms with Crippen LogP contribution in [0.4, 0.5) is 5.00 Å². The lowest BCUT2D eigenvalue weighted by Crippen LogP contribution is -2.29. The number of carbonyl (C=O) groups is 2. The molecule has 1 aromatic carbocycles. The van der Waals surface area contributed by atoms with Crippen molar-refractivity contribution in [2.45, 2.75) is 30.8 Å². The summed E-state index contributed by atoms with van der Waals surface area (Å²) in [7, 11) is 1.60. The highest BCUT2D eigenvalue weighted by molar-refractivity contribution is 7.99. The van der Waals surface area contributed by atoms with E-state index in [0.29, 0.717) is 28.9 Å². The second kappa shape index (κ2) is 9.63. The van der Waals surface area contributed by atoms with E-state index < -0.39 is 0 Å². The van der Waals surface area contributed by atoms with Gasteiger partial charge in [-0.1, -0.05) is 23.9 Å². The highest BCUT2D eigenvalue weighted by Gasteiger charge is 2.26. The number of fused-ring (bicyclic) bond motifs is 2. The molecule has 3 N–H and O–H groups in total. The second-order valence-corrected chi connectivity index (χ2v) is 9.13. The number of rotatable bonds is 8. The number of methoxy groups -OCH3 is 1. The van der Waals surface area contributed by atoms with Crippen LogP contribution in [0.3, 0.4) is 0 Å². The Balaban J connectivity index is 1.45. The van der Waals surface area contributed by atoms with E-state index in [1.54, 1.807) is 7.11 Å². The smallest absolute Gasteiger partial charge is 0.254 e. The average molecular weight is 445 g/mol. The van der Waals surface area contributed by atoms with Gasteiger partial charge in [0.25, 0.3) is 5.91 Å². The molecule has 2 amide bonds. The molecule has 0 atom stereocenters. The number of anilines is 1. The average Bonchev–Trinajstić information content (AvgIpc) is 3.33. The molecule has 0 saturated heterocycles. The third kappa shape index (κ3) is 4.69. The van der Waals surface area contributed by atoms with Gasteiger partial charge in [-0.2, -0.15) is 0 Å². The van der Waals surface area contributed by atoms with E-state index in [1.807, 2.05) is 24.3 Å². The second-order valence-electron chi connectivity index (χ2n) is 7.06. The highest BCUT2D eigenvalue weighted by atomic mass is 32.2. The van der Waals surface area contributed by atoms with Crippen LogP contribution in [0.5, 0.6) is 0 Å². The minimum atomic E-state index is -0.148. The van der Waals surface area contributed by atoms with E-state index in [1.165, 1.54) is 28.0 Å². The summed E-state index contributed by atoms with van der Waals surface area (Å²) in [5, 5.41) is 7.21. The number of hydrogen-bond acceptors (Lipinski definition) is 6. The number of thiophene rings is 1. The molecule has 0 aliphatic heterocycles. The number of imidazole rings is 1. The molecule has 0 saturated carbocycles. The van der Waals surface area contributed by atoms with Gasteiger partial charge < -0.3 is 20.4 Å². The minimum absolute atomic E-state index is 0.147. The van der Waals surface area contributed by atoms with Crippen LogP contribution in [0.1, 0.15) is 33.6 Å². The van der Waals surface area contributed by atoms with E-state index in [9.17, 15) is 9.59 Å². The van der Waals surface area contributed by atoms with E-state index >= 15 is 0 Å². The van der Waals surface area contributed by atoms with Gasteiger partial charge in [0, 0.05) is 18.5 Å². The molecule has 7 nitrogen and oxygen atoms in total. The summed E-state index contributed by atoms with van der Waals surface area (Å²) < 4.78 is 5.02. The van der Waals surface area contributed by atoms with Crippen LogP contribution in [0.2, 0.25) is 0 Å². The van der Waals surface area contributed by atoms with Gasteiger partial charge in [-0.25, -0.2) is 4.98 Å². The quantitative estimate of drug-likeness (QED) is 0.364. The number of carbonyl (C=O) groups excluding carboxylic acids is 2. The van der Waals surface area contributed by atoms with Gasteiger partial charge in [0.1, 0.15) is 5.00 Å². The van der Waals surface area contributed by atoms with E-state index in [2.05, 4.69) is 20.6 Å². The van der Waals surface area contributed by atoms with Crippen LogP contribution >= 0.6 is 23.1 Å². The van der Waals surface area contributed by atoms with Crippen LogP contribution in [-0.2, 0) is 22.4 Å². The van der Waals surface area contributed by atoms with Crippen molar-refractivity contribution >= 4 is 50.9 Å². The fraction of sp³-hybridized carbons (Fsp3) is 0.381. The standard InChI is InChI=1S/C21H24N4O3S2/c1-28-11-10-22-19(27)18-13-6-2-5-9-16(13)30-20(18)25-17(26)12-29-21-23-14-7-3-4-8-15(14)24-21/h3-4,7-8H,2,5-6,9-12H2,1H3,(H,22,27)(H,23,24)(H,25,26). The van der Waals surface area contributed by atoms with Gasteiger partial charge in [-0.15, -0.1) is 11.3 Å². The van der Waals surface area contributed by atoms with E-state index in [4.69, 9.17) is 4.74 Å². The van der Waals surface area contributed by atoms with Gasteiger partial charge in [0.15, 0.2) is 5.16 Å². The molecule has 0 spiro atoms. The van der Waals surface area contributed by atoms with Crippen molar-refractivity contribution < 1.29 is 14.3 Å². The van der Waals surface area contributed by atoms with Crippen LogP contribution < -0.4 is 10.6 Å². The minimum Gasteiger partial charge on any atom is -0.383 e. The van der Waals surface area contributed by atoms with Crippen molar-refractivity contribution in [2.24, 2.45) is 0 Å². The lowest BCUT2D eigenvalue weighted by Gasteiger charge is -2.13. The number of aromatic nitrogens is 2. The Morgan fingerprint density at radius 2 is 2.10 bits per heavy atom. The Morgan fingerprint density at radius 1 is 1.27 bits per heavy atom. The summed E-state index contributed by atoms with van der Waals surface area (Å²) in [6.45, 7) is 0.892. The fourth-order valence-corrected chi connectivity index (χ4v) is 5.53. The number of para-hydroxylation sites is 2. The number of nitrogens with one attached hydrogen (secondary N) is 3. The molecule has 9 heteroatoms. The van der Waals surface area contributed by atoms with Crippen LogP contribution in [0.15, 0.2) is 29.4 Å². The van der Waals surface area contributed by atoms with Crippen molar-refractivity contribution in [1.29, 1.82) is 0 Å². The number of amides is 2. The van der Waals surface area contributed by atoms with Crippen molar-refractivity contribution in [2.75, 3.05) is 31.3 Å². The number of aromatic amines is 1. The maximum absolute atomic E-state index is 12.8. The van der Waals surface area contributed by atoms with E-state index in [0.717, 1.165) is 42.3 Å². The Kier molecular flexibility index (Phi) is 6.71. The summed E-state index contributed by atoms with van der Waals surface area (Å²) in [5.41, 5.74) is 3.53. The number of hydrogen-bond donors (Lipinski definition) is 3. The summed E-state index contributed by atoms with van der Waals surface area (Å²) in [5.74, 6) is -0.0793. The van der Waals surface area contributed by atoms with Crippen molar-refractivity contribution in [1.82, 2.24) is 15.3 Å². The summed E-state index contributed by atoms with van der Waals surface area (Å²) >= 11 is 2.87. The fourth-order valence-electron chi connectivity index (χ4n) is 3.54. The third-order valence-electron chi connectivity index (χ3n) is 4.95. The molecule has 0 radical (unpaired) electrons. The van der Waals surface area contributed by atoms with Gasteiger partial charge in [0.05, 0.1) is 29.0 Å². The normalized spacial score (nSPS) is 13.2. The first kappa shape index (κ1) is 20.9. The summed E-state index contributed by atoms with van der Waals surface area (Å²) in [4.78, 5) is 34.3. The number of nitrogens with zero attached hydrogens (tertiary/aromatic N) is 1. The topological polar surface area (TPSA) is 96.1 Å². The molecule has 4 rings (SSSR count). The summed E-state index contributed by atoms with van der Waals surface area (Å²) in [6, 6.07) is 7.76. The summed E-state index contributed by atoms with van der Waals surface area (Å²) in [6.07, 6.45) is 4.02. The molecule has 3 aromatic rings. The van der Waals surface area contributed by atoms with Crippen LogP contribution in [0.25, 0.3) is 11.0 Å². The van der Waals surface area contributed by atoms with Crippen molar-refractivity contribution in [3.05, 3.63) is 40.3 Å². The lowest BCUT2D eigenvalue weighted by molar-refractivity contribution is -0.113. The van der Waals surface area contributed by atoms with Gasteiger partial charge in [0.2, 0.25) is 5.91 Å². The first-order chi connectivity index (χ1) is 14.7. The molecule has 1 aliphatic carbocycles. The molecule has 2 heterocycles. The first-order valence-electron chi connectivity index (χ1n) is 9.94. The Morgan fingerprint density at radius 3 is 2.93 bits per heavy atom. The zero-order valence-corrected chi connectivity index (χ0v) is 18.4. The monoisotopic (exact) mass is 444 g/mol. The predicted molar refractivity (Wildman–Crippen MR) is 121 cm³/mol. The molecular weight excluding hydrogens is 420 g/mol. The maximum Gasteiger partial charge on any atom is 0.254 e. The van der Waals surface area contributed by atoms with Gasteiger partial charge in [-0.3, -0.25) is 9.59 Å². The first-order valence-corrected chi connectivity index (χ1v) is 11.7. The van der Waals surface area contributed by atoms with Crippen LogP contribution in [-0.4, -0.2) is 47.8 Å². The highest BCUT2D eigenvalue weighted by Crippen LogP contribution is 2.38. The molecule has 0 bridgehead atoms. The Hall–Kier alpha value is -2.36. The molecule has 0 fully saturated rings. The third-order valence-corrected chi connectivity index (χ3v) is 7.03. The molecule has 0 unspecified atom stereocenters. The van der Waals surface area contributed by atoms with Gasteiger partial charge >= 0.3 is 0 Å². The lowest BCUT2D eigenvalue weighted by atomic mass is 9.95. The molecule has 158 valence electrons. The number of aryl methyl sites for hydroxylation is 1. The van der Waals surface area contributed by atoms with Crippen LogP contribution in [0, 0.1) is 0 Å².